The highest BCUT2D eigenvalue weighted by Gasteiger charge is 2.58. The molecule has 1 amide bonds. The van der Waals surface area contributed by atoms with Crippen LogP contribution < -0.4 is 4.74 Å². The molecule has 1 atom stereocenters. The fourth-order valence-corrected chi connectivity index (χ4v) is 5.44. The molecule has 0 N–H and O–H groups in total. The van der Waals surface area contributed by atoms with Gasteiger partial charge in [0.15, 0.2) is 0 Å². The molecule has 3 aliphatic rings. The van der Waals surface area contributed by atoms with Crippen molar-refractivity contribution in [3.05, 3.63) is 65.2 Å². The summed E-state index contributed by atoms with van der Waals surface area (Å²) in [7, 11) is 1.39. The van der Waals surface area contributed by atoms with Crippen LogP contribution in [0.15, 0.2) is 48.5 Å². The van der Waals surface area contributed by atoms with Crippen molar-refractivity contribution in [2.24, 2.45) is 5.92 Å². The molecule has 3 aliphatic heterocycles. The maximum absolute atomic E-state index is 12.9. The van der Waals surface area contributed by atoms with Gasteiger partial charge in [0, 0.05) is 32.5 Å². The summed E-state index contributed by atoms with van der Waals surface area (Å²) in [6.07, 6.45) is 2.43. The Morgan fingerprint density at radius 2 is 1.91 bits per heavy atom. The Morgan fingerprint density at radius 3 is 2.67 bits per heavy atom. The number of hydrogen-bond donors (Lipinski definition) is 0. The predicted octanol–water partition coefficient (Wildman–Crippen LogP) is 3.11. The van der Waals surface area contributed by atoms with E-state index in [2.05, 4.69) is 23.1 Å². The standard InChI is InChI=1S/C26H30N2O5/c1-31-25(30)22-16-24(29)28(33-18-19-5-3-2-4-6-19)26(22)10-12-27(13-11-26)17-20-7-8-23-21(15-20)9-14-32-23/h2-8,15,22H,9-14,16-18H2,1H3/t22-/m0/s1. The van der Waals surface area contributed by atoms with Crippen molar-refractivity contribution >= 4 is 11.9 Å². The topological polar surface area (TPSA) is 68.3 Å². The Bertz CT molecular complexity index is 1020. The van der Waals surface area contributed by atoms with Crippen LogP contribution in [-0.4, -0.2) is 54.2 Å². The van der Waals surface area contributed by atoms with Crippen LogP contribution in [0, 0.1) is 5.92 Å². The third-order valence-corrected chi connectivity index (χ3v) is 7.23. The van der Waals surface area contributed by atoms with Gasteiger partial charge in [-0.3, -0.25) is 19.3 Å². The normalized spacial score (nSPS) is 21.8. The second-order valence-electron chi connectivity index (χ2n) is 9.15. The number of hydrogen-bond acceptors (Lipinski definition) is 6. The predicted molar refractivity (Wildman–Crippen MR) is 121 cm³/mol. The van der Waals surface area contributed by atoms with Gasteiger partial charge in [0.1, 0.15) is 12.4 Å². The molecule has 2 saturated heterocycles. The highest BCUT2D eigenvalue weighted by molar-refractivity contribution is 5.88. The summed E-state index contributed by atoms with van der Waals surface area (Å²) in [5.74, 6) is 0.00708. The maximum atomic E-state index is 12.9. The molecule has 0 aliphatic carbocycles. The zero-order chi connectivity index (χ0) is 22.8. The molecule has 0 aromatic heterocycles. The average Bonchev–Trinajstić information content (AvgIpc) is 3.41. The lowest BCUT2D eigenvalue weighted by molar-refractivity contribution is -0.229. The van der Waals surface area contributed by atoms with E-state index in [9.17, 15) is 9.59 Å². The van der Waals surface area contributed by atoms with Crippen LogP contribution in [0.25, 0.3) is 0 Å². The van der Waals surface area contributed by atoms with Crippen LogP contribution in [0.2, 0.25) is 0 Å². The van der Waals surface area contributed by atoms with Gasteiger partial charge in [-0.2, -0.15) is 0 Å². The molecular formula is C26H30N2O5. The Labute approximate surface area is 194 Å². The monoisotopic (exact) mass is 450 g/mol. The molecule has 7 nitrogen and oxygen atoms in total. The fraction of sp³-hybridized carbons (Fsp3) is 0.462. The van der Waals surface area contributed by atoms with E-state index in [0.717, 1.165) is 44.0 Å². The number of fused-ring (bicyclic) bond motifs is 1. The maximum Gasteiger partial charge on any atom is 0.311 e. The summed E-state index contributed by atoms with van der Waals surface area (Å²) in [5, 5.41) is 1.51. The van der Waals surface area contributed by atoms with Crippen LogP contribution in [0.3, 0.4) is 0 Å². The number of piperidine rings is 1. The van der Waals surface area contributed by atoms with E-state index in [0.29, 0.717) is 19.4 Å². The minimum absolute atomic E-state index is 0.131. The molecule has 174 valence electrons. The lowest BCUT2D eigenvalue weighted by Crippen LogP contribution is -2.57. The first-order chi connectivity index (χ1) is 16.1. The van der Waals surface area contributed by atoms with Crippen molar-refractivity contribution in [2.45, 2.75) is 44.4 Å². The first-order valence-corrected chi connectivity index (χ1v) is 11.6. The number of rotatable bonds is 6. The smallest absolute Gasteiger partial charge is 0.311 e. The van der Waals surface area contributed by atoms with Crippen molar-refractivity contribution < 1.29 is 23.9 Å². The number of nitrogens with zero attached hydrogens (tertiary/aromatic N) is 2. The molecule has 0 unspecified atom stereocenters. The van der Waals surface area contributed by atoms with Gasteiger partial charge in [-0.1, -0.05) is 42.5 Å². The summed E-state index contributed by atoms with van der Waals surface area (Å²) < 4.78 is 10.7. The zero-order valence-corrected chi connectivity index (χ0v) is 19.0. The summed E-state index contributed by atoms with van der Waals surface area (Å²) >= 11 is 0. The number of ether oxygens (including phenoxy) is 2. The molecule has 2 aromatic rings. The van der Waals surface area contributed by atoms with E-state index >= 15 is 0 Å². The first-order valence-electron chi connectivity index (χ1n) is 11.6. The summed E-state index contributed by atoms with van der Waals surface area (Å²) in [4.78, 5) is 34.1. The minimum atomic E-state index is -0.665. The molecular weight excluding hydrogens is 420 g/mol. The van der Waals surface area contributed by atoms with E-state index in [-0.39, 0.29) is 18.3 Å². The molecule has 0 saturated carbocycles. The number of benzene rings is 2. The van der Waals surface area contributed by atoms with Crippen LogP contribution >= 0.6 is 0 Å². The molecule has 3 heterocycles. The summed E-state index contributed by atoms with van der Waals surface area (Å²) in [6.45, 7) is 3.44. The minimum Gasteiger partial charge on any atom is -0.493 e. The molecule has 2 fully saturated rings. The van der Waals surface area contributed by atoms with E-state index < -0.39 is 11.5 Å². The zero-order valence-electron chi connectivity index (χ0n) is 19.0. The van der Waals surface area contributed by atoms with Crippen LogP contribution in [0.5, 0.6) is 5.75 Å². The van der Waals surface area contributed by atoms with Crippen LogP contribution in [0.4, 0.5) is 0 Å². The summed E-state index contributed by atoms with van der Waals surface area (Å²) in [5.41, 5.74) is 2.86. The Hall–Kier alpha value is -2.90. The molecule has 7 heteroatoms. The van der Waals surface area contributed by atoms with Crippen molar-refractivity contribution in [1.82, 2.24) is 9.96 Å². The molecule has 2 aromatic carbocycles. The van der Waals surface area contributed by atoms with E-state index in [1.807, 2.05) is 30.3 Å². The highest BCUT2D eigenvalue weighted by atomic mass is 16.7. The number of amides is 1. The van der Waals surface area contributed by atoms with Gasteiger partial charge < -0.3 is 9.47 Å². The third kappa shape index (κ3) is 4.23. The van der Waals surface area contributed by atoms with E-state index in [4.69, 9.17) is 14.3 Å². The first kappa shape index (κ1) is 21.9. The SMILES string of the molecule is COC(=O)[C@@H]1CC(=O)N(OCc2ccccc2)C12CCN(Cc1ccc3c(c1)CCO3)CC2. The van der Waals surface area contributed by atoms with Gasteiger partial charge in [0.05, 0.1) is 25.2 Å². The lowest BCUT2D eigenvalue weighted by Gasteiger charge is -2.45. The van der Waals surface area contributed by atoms with E-state index in [1.54, 1.807) is 0 Å². The second kappa shape index (κ2) is 9.15. The number of carbonyl (C=O) groups is 2. The number of methoxy groups -OCH3 is 1. The second-order valence-corrected chi connectivity index (χ2v) is 9.15. The molecule has 1 spiro atoms. The van der Waals surface area contributed by atoms with Crippen molar-refractivity contribution in [2.75, 3.05) is 26.8 Å². The quantitative estimate of drug-likeness (QED) is 0.630. The summed E-state index contributed by atoms with van der Waals surface area (Å²) in [6, 6.07) is 16.2. The number of esters is 1. The van der Waals surface area contributed by atoms with Gasteiger partial charge in [0.2, 0.25) is 5.91 Å². The Morgan fingerprint density at radius 1 is 1.12 bits per heavy atom. The van der Waals surface area contributed by atoms with Gasteiger partial charge in [-0.25, -0.2) is 5.06 Å². The number of hydroxylamine groups is 2. The molecule has 0 bridgehead atoms. The third-order valence-electron chi connectivity index (χ3n) is 7.23. The van der Waals surface area contributed by atoms with Gasteiger partial charge in [0.25, 0.3) is 0 Å². The highest BCUT2D eigenvalue weighted by Crippen LogP contribution is 2.45. The van der Waals surface area contributed by atoms with Crippen molar-refractivity contribution in [3.8, 4) is 5.75 Å². The van der Waals surface area contributed by atoms with Gasteiger partial charge in [-0.15, -0.1) is 0 Å². The van der Waals surface area contributed by atoms with Crippen LogP contribution in [0.1, 0.15) is 36.0 Å². The molecule has 5 rings (SSSR count). The van der Waals surface area contributed by atoms with E-state index in [1.165, 1.54) is 23.3 Å². The molecule has 33 heavy (non-hydrogen) atoms. The van der Waals surface area contributed by atoms with Crippen LogP contribution in [-0.2, 0) is 38.7 Å². The van der Waals surface area contributed by atoms with Gasteiger partial charge in [-0.05, 0) is 35.6 Å². The number of carbonyl (C=O) groups excluding carboxylic acids is 2. The lowest BCUT2D eigenvalue weighted by atomic mass is 9.77. The van der Waals surface area contributed by atoms with Crippen molar-refractivity contribution in [1.29, 1.82) is 0 Å². The van der Waals surface area contributed by atoms with Crippen molar-refractivity contribution in [3.63, 3.8) is 0 Å². The molecule has 0 radical (unpaired) electrons. The fourth-order valence-electron chi connectivity index (χ4n) is 5.44. The Balaban J connectivity index is 1.30. The largest absolute Gasteiger partial charge is 0.493 e. The number of likely N-dealkylation sites (tertiary alicyclic amines) is 1. The average molecular weight is 451 g/mol. The van der Waals surface area contributed by atoms with Gasteiger partial charge >= 0.3 is 5.97 Å². The Kier molecular flexibility index (Phi) is 6.08.